The fourth-order valence-corrected chi connectivity index (χ4v) is 3.96. The van der Waals surface area contributed by atoms with Crippen LogP contribution < -0.4 is 0 Å². The molecule has 20 heavy (non-hydrogen) atoms. The van der Waals surface area contributed by atoms with E-state index in [0.717, 1.165) is 36.8 Å². The second-order valence-electron chi connectivity index (χ2n) is 6.13. The van der Waals surface area contributed by atoms with Gasteiger partial charge < -0.3 is 0 Å². The fourth-order valence-electron chi connectivity index (χ4n) is 3.96. The molecule has 2 nitrogen and oxygen atoms in total. The maximum atomic E-state index is 12.9. The molecule has 2 aliphatic carbocycles. The molecular weight excluding hydrogens is 248 g/mol. The summed E-state index contributed by atoms with van der Waals surface area (Å²) in [6, 6.07) is 9.40. The number of rotatable bonds is 2. The van der Waals surface area contributed by atoms with Crippen LogP contribution in [0.15, 0.2) is 42.0 Å². The number of hydrogen-bond acceptors (Lipinski definition) is 2. The van der Waals surface area contributed by atoms with Crippen molar-refractivity contribution in [1.29, 1.82) is 0 Å². The summed E-state index contributed by atoms with van der Waals surface area (Å²) in [5, 5.41) is 0. The molecule has 0 N–H and O–H groups in total. The summed E-state index contributed by atoms with van der Waals surface area (Å²) >= 11 is 0. The molecular formula is C18H20O2. The lowest BCUT2D eigenvalue weighted by Gasteiger charge is -2.37. The Labute approximate surface area is 119 Å². The van der Waals surface area contributed by atoms with Crippen LogP contribution in [0.2, 0.25) is 0 Å². The molecule has 1 unspecified atom stereocenters. The fraction of sp³-hybridized carbons (Fsp3) is 0.444. The first kappa shape index (κ1) is 13.3. The van der Waals surface area contributed by atoms with E-state index < -0.39 is 5.41 Å². The van der Waals surface area contributed by atoms with E-state index in [0.29, 0.717) is 0 Å². The van der Waals surface area contributed by atoms with E-state index in [1.54, 1.807) is 6.08 Å². The molecule has 1 aromatic carbocycles. The Bertz CT molecular complexity index is 562. The number of hydrogen-bond donors (Lipinski definition) is 0. The van der Waals surface area contributed by atoms with Crippen molar-refractivity contribution in [3.05, 3.63) is 47.5 Å². The maximum Gasteiger partial charge on any atom is 0.170 e. The third-order valence-electron chi connectivity index (χ3n) is 4.92. The summed E-state index contributed by atoms with van der Waals surface area (Å²) in [6.45, 7) is 1.94. The predicted molar refractivity (Wildman–Crippen MR) is 78.5 cm³/mol. The van der Waals surface area contributed by atoms with E-state index >= 15 is 0 Å². The molecule has 0 radical (unpaired) electrons. The topological polar surface area (TPSA) is 34.1 Å². The molecule has 1 atom stereocenters. The van der Waals surface area contributed by atoms with Crippen LogP contribution in [0.5, 0.6) is 0 Å². The van der Waals surface area contributed by atoms with Crippen molar-refractivity contribution in [3.8, 4) is 0 Å². The minimum absolute atomic E-state index is 0.118. The zero-order valence-electron chi connectivity index (χ0n) is 11.9. The minimum atomic E-state index is -0.435. The third kappa shape index (κ3) is 1.94. The smallest absolute Gasteiger partial charge is 0.170 e. The lowest BCUT2D eigenvalue weighted by molar-refractivity contribution is -0.125. The number of carbonyl (C=O) groups excluding carboxylic acids is 2. The molecule has 1 saturated carbocycles. The summed E-state index contributed by atoms with van der Waals surface area (Å²) < 4.78 is 0. The average Bonchev–Trinajstić information content (AvgIpc) is 2.71. The van der Waals surface area contributed by atoms with E-state index in [1.807, 2.05) is 37.3 Å². The highest BCUT2D eigenvalue weighted by molar-refractivity contribution is 6.09. The number of carbonyl (C=O) groups is 2. The van der Waals surface area contributed by atoms with E-state index in [4.69, 9.17) is 0 Å². The van der Waals surface area contributed by atoms with Crippen molar-refractivity contribution in [2.45, 2.75) is 39.0 Å². The maximum absolute atomic E-state index is 12.9. The van der Waals surface area contributed by atoms with Crippen molar-refractivity contribution in [2.24, 2.45) is 11.3 Å². The molecule has 1 fully saturated rings. The van der Waals surface area contributed by atoms with Crippen molar-refractivity contribution in [3.63, 3.8) is 0 Å². The van der Waals surface area contributed by atoms with Gasteiger partial charge in [0.1, 0.15) is 0 Å². The molecule has 0 bridgehead atoms. The second kappa shape index (κ2) is 5.01. The van der Waals surface area contributed by atoms with Crippen LogP contribution in [-0.2, 0) is 4.79 Å². The van der Waals surface area contributed by atoms with Crippen LogP contribution in [0, 0.1) is 11.3 Å². The predicted octanol–water partition coefficient (Wildman–Crippen LogP) is 3.97. The van der Waals surface area contributed by atoms with Gasteiger partial charge in [0, 0.05) is 11.0 Å². The summed E-state index contributed by atoms with van der Waals surface area (Å²) in [7, 11) is 0. The molecule has 0 aromatic heterocycles. The van der Waals surface area contributed by atoms with Crippen LogP contribution in [-0.4, -0.2) is 11.6 Å². The Morgan fingerprint density at radius 3 is 2.40 bits per heavy atom. The molecule has 2 heteroatoms. The monoisotopic (exact) mass is 268 g/mol. The number of Topliss-reactive ketones (excluding diaryl/α,β-unsaturated/α-hetero) is 1. The molecule has 3 rings (SSSR count). The van der Waals surface area contributed by atoms with Crippen molar-refractivity contribution in [1.82, 2.24) is 0 Å². The molecule has 1 aromatic rings. The Balaban J connectivity index is 1.99. The van der Waals surface area contributed by atoms with Gasteiger partial charge in [0.2, 0.25) is 0 Å². The van der Waals surface area contributed by atoms with Gasteiger partial charge >= 0.3 is 0 Å². The SMILES string of the molecule is CC1=CC(=O)C2(CCCCC2)C1C(=O)c1ccccc1. The average molecular weight is 268 g/mol. The second-order valence-corrected chi connectivity index (χ2v) is 6.13. The van der Waals surface area contributed by atoms with Gasteiger partial charge in [-0.1, -0.05) is 55.2 Å². The first-order valence-electron chi connectivity index (χ1n) is 7.47. The highest BCUT2D eigenvalue weighted by Gasteiger charge is 2.52. The lowest BCUT2D eigenvalue weighted by Crippen LogP contribution is -2.40. The van der Waals surface area contributed by atoms with Gasteiger partial charge in [-0.25, -0.2) is 0 Å². The Morgan fingerprint density at radius 2 is 1.75 bits per heavy atom. The molecule has 0 amide bonds. The van der Waals surface area contributed by atoms with E-state index in [9.17, 15) is 9.59 Å². The lowest BCUT2D eigenvalue weighted by atomic mass is 9.63. The Morgan fingerprint density at radius 1 is 1.10 bits per heavy atom. The van der Waals surface area contributed by atoms with Gasteiger partial charge in [-0.3, -0.25) is 9.59 Å². The summed E-state index contributed by atoms with van der Waals surface area (Å²) in [5.74, 6) is 0.0637. The summed E-state index contributed by atoms with van der Waals surface area (Å²) in [5.41, 5.74) is 1.24. The van der Waals surface area contributed by atoms with E-state index in [-0.39, 0.29) is 17.5 Å². The Hall–Kier alpha value is -1.70. The summed E-state index contributed by atoms with van der Waals surface area (Å²) in [6.07, 6.45) is 6.75. The van der Waals surface area contributed by atoms with Crippen molar-refractivity contribution >= 4 is 11.6 Å². The first-order chi connectivity index (χ1) is 9.65. The van der Waals surface area contributed by atoms with Gasteiger partial charge in [0.15, 0.2) is 11.6 Å². The van der Waals surface area contributed by atoms with Crippen LogP contribution in [0.4, 0.5) is 0 Å². The van der Waals surface area contributed by atoms with Gasteiger partial charge in [-0.15, -0.1) is 0 Å². The molecule has 0 heterocycles. The van der Waals surface area contributed by atoms with Crippen LogP contribution in [0.25, 0.3) is 0 Å². The van der Waals surface area contributed by atoms with Gasteiger partial charge in [0.05, 0.1) is 5.92 Å². The van der Waals surface area contributed by atoms with Gasteiger partial charge in [0.25, 0.3) is 0 Å². The van der Waals surface area contributed by atoms with Crippen LogP contribution >= 0.6 is 0 Å². The van der Waals surface area contributed by atoms with Gasteiger partial charge in [-0.2, -0.15) is 0 Å². The standard InChI is InChI=1S/C18H20O2/c1-13-12-15(19)18(10-6-3-7-11-18)16(13)17(20)14-8-4-2-5-9-14/h2,4-5,8-9,12,16H,3,6-7,10-11H2,1H3. The highest BCUT2D eigenvalue weighted by Crippen LogP contribution is 2.51. The van der Waals surface area contributed by atoms with E-state index in [1.165, 1.54) is 6.42 Å². The zero-order chi connectivity index (χ0) is 14.2. The van der Waals surface area contributed by atoms with Crippen molar-refractivity contribution in [2.75, 3.05) is 0 Å². The first-order valence-corrected chi connectivity index (χ1v) is 7.47. The van der Waals surface area contributed by atoms with Crippen LogP contribution in [0.3, 0.4) is 0 Å². The molecule has 0 saturated heterocycles. The molecule has 0 aliphatic heterocycles. The van der Waals surface area contributed by atoms with Crippen molar-refractivity contribution < 1.29 is 9.59 Å². The largest absolute Gasteiger partial charge is 0.294 e. The molecule has 2 aliphatic rings. The Kier molecular flexibility index (Phi) is 3.33. The number of benzene rings is 1. The quantitative estimate of drug-likeness (QED) is 0.761. The number of ketones is 2. The molecule has 104 valence electrons. The number of allylic oxidation sites excluding steroid dienone is 2. The zero-order valence-corrected chi connectivity index (χ0v) is 11.9. The summed E-state index contributed by atoms with van der Waals surface area (Å²) in [4.78, 5) is 25.4. The normalized spacial score (nSPS) is 24.8. The minimum Gasteiger partial charge on any atom is -0.294 e. The highest BCUT2D eigenvalue weighted by atomic mass is 16.1. The molecule has 1 spiro atoms. The van der Waals surface area contributed by atoms with Crippen LogP contribution in [0.1, 0.15) is 49.4 Å². The van der Waals surface area contributed by atoms with E-state index in [2.05, 4.69) is 0 Å². The van der Waals surface area contributed by atoms with Gasteiger partial charge in [-0.05, 0) is 25.8 Å². The third-order valence-corrected chi connectivity index (χ3v) is 4.92.